The lowest BCUT2D eigenvalue weighted by atomic mass is 10.1. The third-order valence-electron chi connectivity index (χ3n) is 2.26. The molecule has 1 aromatic carbocycles. The summed E-state index contributed by atoms with van der Waals surface area (Å²) in [6, 6.07) is 1.79. The van der Waals surface area contributed by atoms with E-state index in [9.17, 15) is 13.6 Å². The molecule has 0 aliphatic carbocycles. The van der Waals surface area contributed by atoms with Gasteiger partial charge in [0.2, 0.25) is 0 Å². The second-order valence-electron chi connectivity index (χ2n) is 3.34. The molecule has 0 fully saturated rings. The Bertz CT molecular complexity index is 467. The smallest absolute Gasteiger partial charge is 0.331 e. The molecule has 0 bridgehead atoms. The van der Waals surface area contributed by atoms with E-state index in [1.165, 1.54) is 7.11 Å². The van der Waals surface area contributed by atoms with E-state index < -0.39 is 17.6 Å². The maximum Gasteiger partial charge on any atom is 0.331 e. The number of hydrogen-bond acceptors (Lipinski definition) is 2. The Hall–Kier alpha value is -1.91. The molecule has 0 unspecified atom stereocenters. The number of benzene rings is 1. The highest BCUT2D eigenvalue weighted by molar-refractivity contribution is 5.92. The van der Waals surface area contributed by atoms with Crippen LogP contribution in [0.2, 0.25) is 0 Å². The Kier molecular flexibility index (Phi) is 4.20. The first-order valence-electron chi connectivity index (χ1n) is 4.96. The summed E-state index contributed by atoms with van der Waals surface area (Å²) < 4.78 is 31.4. The van der Waals surface area contributed by atoms with E-state index >= 15 is 0 Å². The highest BCUT2D eigenvalue weighted by Gasteiger charge is 2.11. The molecule has 17 heavy (non-hydrogen) atoms. The van der Waals surface area contributed by atoms with Crippen LogP contribution in [0.3, 0.4) is 0 Å². The van der Waals surface area contributed by atoms with Gasteiger partial charge >= 0.3 is 5.97 Å². The van der Waals surface area contributed by atoms with Crippen molar-refractivity contribution in [2.75, 3.05) is 7.11 Å². The zero-order chi connectivity index (χ0) is 13.0. The second kappa shape index (κ2) is 5.43. The van der Waals surface area contributed by atoms with Gasteiger partial charge in [-0.1, -0.05) is 6.92 Å². The lowest BCUT2D eigenvalue weighted by Crippen LogP contribution is -2.00. The van der Waals surface area contributed by atoms with Crippen molar-refractivity contribution in [2.45, 2.75) is 13.3 Å². The average molecular weight is 242 g/mol. The Morgan fingerprint density at radius 1 is 1.41 bits per heavy atom. The monoisotopic (exact) mass is 242 g/mol. The van der Waals surface area contributed by atoms with Crippen LogP contribution in [0.1, 0.15) is 18.9 Å². The fourth-order valence-electron chi connectivity index (χ4n) is 1.31. The van der Waals surface area contributed by atoms with Crippen molar-refractivity contribution in [3.8, 4) is 5.75 Å². The summed E-state index contributed by atoms with van der Waals surface area (Å²) in [6.07, 6.45) is 1.34. The van der Waals surface area contributed by atoms with Crippen LogP contribution in [-0.4, -0.2) is 18.2 Å². The number of rotatable bonds is 4. The molecule has 0 aliphatic rings. The molecule has 1 rings (SSSR count). The Morgan fingerprint density at radius 3 is 2.53 bits per heavy atom. The Balaban J connectivity index is 3.24. The lowest BCUT2D eigenvalue weighted by Gasteiger charge is -2.05. The minimum Gasteiger partial charge on any atom is -0.494 e. The van der Waals surface area contributed by atoms with E-state index in [1.807, 2.05) is 0 Å². The molecule has 92 valence electrons. The molecular weight excluding hydrogens is 230 g/mol. The fourth-order valence-corrected chi connectivity index (χ4v) is 1.31. The minimum atomic E-state index is -1.15. The van der Waals surface area contributed by atoms with Gasteiger partial charge < -0.3 is 9.84 Å². The highest BCUT2D eigenvalue weighted by atomic mass is 19.1. The summed E-state index contributed by atoms with van der Waals surface area (Å²) in [6.45, 7) is 1.62. The fraction of sp³-hybridized carbons (Fsp3) is 0.250. The van der Waals surface area contributed by atoms with Crippen molar-refractivity contribution in [3.63, 3.8) is 0 Å². The molecule has 1 aromatic rings. The molecule has 0 amide bonds. The van der Waals surface area contributed by atoms with Gasteiger partial charge in [-0.2, -0.15) is 0 Å². The van der Waals surface area contributed by atoms with E-state index in [-0.39, 0.29) is 23.3 Å². The first kappa shape index (κ1) is 13.2. The molecule has 0 heterocycles. The van der Waals surface area contributed by atoms with E-state index in [4.69, 9.17) is 5.11 Å². The molecule has 0 saturated carbocycles. The van der Waals surface area contributed by atoms with Crippen molar-refractivity contribution >= 4 is 12.0 Å². The maximum atomic E-state index is 13.5. The van der Waals surface area contributed by atoms with E-state index in [2.05, 4.69) is 4.74 Å². The predicted octanol–water partition coefficient (Wildman–Crippen LogP) is 2.85. The van der Waals surface area contributed by atoms with Gasteiger partial charge in [0.05, 0.1) is 7.11 Å². The number of aliphatic carboxylic acids is 1. The van der Waals surface area contributed by atoms with Crippen LogP contribution in [-0.2, 0) is 4.79 Å². The molecule has 0 atom stereocenters. The number of carbonyl (C=O) groups is 1. The molecule has 5 heteroatoms. The Morgan fingerprint density at radius 2 is 2.06 bits per heavy atom. The number of halogens is 2. The van der Waals surface area contributed by atoms with Crippen molar-refractivity contribution in [1.29, 1.82) is 0 Å². The van der Waals surface area contributed by atoms with E-state index in [0.29, 0.717) is 0 Å². The van der Waals surface area contributed by atoms with Crippen LogP contribution in [0.25, 0.3) is 6.08 Å². The summed E-state index contributed by atoms with van der Waals surface area (Å²) >= 11 is 0. The van der Waals surface area contributed by atoms with Crippen LogP contribution in [0.15, 0.2) is 17.7 Å². The normalized spacial score (nSPS) is 11.4. The summed E-state index contributed by atoms with van der Waals surface area (Å²) in [4.78, 5) is 10.7. The Labute approximate surface area is 97.3 Å². The average Bonchev–Trinajstić information content (AvgIpc) is 2.29. The summed E-state index contributed by atoms with van der Waals surface area (Å²) in [5.41, 5.74) is -0.101. The van der Waals surface area contributed by atoms with Gasteiger partial charge in [0, 0.05) is 17.2 Å². The summed E-state index contributed by atoms with van der Waals surface area (Å²) in [7, 11) is 1.22. The molecule has 0 aliphatic heterocycles. The minimum absolute atomic E-state index is 0.00784. The molecule has 0 aromatic heterocycles. The van der Waals surface area contributed by atoms with Crippen molar-refractivity contribution in [2.24, 2.45) is 0 Å². The lowest BCUT2D eigenvalue weighted by molar-refractivity contribution is -0.132. The first-order valence-corrected chi connectivity index (χ1v) is 4.96. The number of carboxylic acids is 1. The van der Waals surface area contributed by atoms with Gasteiger partial charge in [-0.3, -0.25) is 0 Å². The molecule has 0 radical (unpaired) electrons. The summed E-state index contributed by atoms with van der Waals surface area (Å²) in [5, 5.41) is 8.79. The van der Waals surface area contributed by atoms with Gasteiger partial charge in [0.15, 0.2) is 11.6 Å². The third-order valence-corrected chi connectivity index (χ3v) is 2.26. The van der Waals surface area contributed by atoms with E-state index in [0.717, 1.165) is 18.2 Å². The van der Waals surface area contributed by atoms with Crippen LogP contribution < -0.4 is 4.74 Å². The SMILES string of the molecule is CC/C(=C\c1cc(F)c(OC)cc1F)C(=O)O. The van der Waals surface area contributed by atoms with Gasteiger partial charge in [-0.05, 0) is 18.6 Å². The zero-order valence-electron chi connectivity index (χ0n) is 9.46. The predicted molar refractivity (Wildman–Crippen MR) is 58.8 cm³/mol. The topological polar surface area (TPSA) is 46.5 Å². The molecule has 0 spiro atoms. The molecule has 0 saturated heterocycles. The molecular formula is C12H12F2O3. The second-order valence-corrected chi connectivity index (χ2v) is 3.34. The standard InChI is InChI=1S/C12H12F2O3/c1-3-7(12(15)16)4-8-5-10(14)11(17-2)6-9(8)13/h4-6H,3H2,1-2H3,(H,15,16)/b7-4+. The molecule has 1 N–H and O–H groups in total. The van der Waals surface area contributed by atoms with Crippen molar-refractivity contribution in [3.05, 3.63) is 34.9 Å². The van der Waals surface area contributed by atoms with Gasteiger partial charge in [-0.25, -0.2) is 13.6 Å². The first-order chi connectivity index (χ1) is 7.99. The summed E-state index contributed by atoms with van der Waals surface area (Å²) in [5.74, 6) is -2.83. The highest BCUT2D eigenvalue weighted by Crippen LogP contribution is 2.23. The van der Waals surface area contributed by atoms with Crippen LogP contribution in [0.4, 0.5) is 8.78 Å². The quantitative estimate of drug-likeness (QED) is 0.826. The van der Waals surface area contributed by atoms with Gasteiger partial charge in [0.1, 0.15) is 5.82 Å². The van der Waals surface area contributed by atoms with Crippen LogP contribution >= 0.6 is 0 Å². The zero-order valence-corrected chi connectivity index (χ0v) is 9.46. The van der Waals surface area contributed by atoms with Gasteiger partial charge in [0.25, 0.3) is 0 Å². The number of carboxylic acid groups (broad SMARTS) is 1. The van der Waals surface area contributed by atoms with Crippen LogP contribution in [0, 0.1) is 11.6 Å². The number of methoxy groups -OCH3 is 1. The maximum absolute atomic E-state index is 13.5. The van der Waals surface area contributed by atoms with Crippen LogP contribution in [0.5, 0.6) is 5.75 Å². The number of hydrogen-bond donors (Lipinski definition) is 1. The van der Waals surface area contributed by atoms with Crippen molar-refractivity contribution < 1.29 is 23.4 Å². The van der Waals surface area contributed by atoms with E-state index in [1.54, 1.807) is 6.92 Å². The molecule has 3 nitrogen and oxygen atoms in total. The third kappa shape index (κ3) is 3.03. The number of ether oxygens (including phenoxy) is 1. The van der Waals surface area contributed by atoms with Crippen molar-refractivity contribution in [1.82, 2.24) is 0 Å². The largest absolute Gasteiger partial charge is 0.494 e. The van der Waals surface area contributed by atoms with Gasteiger partial charge in [-0.15, -0.1) is 0 Å².